The summed E-state index contributed by atoms with van der Waals surface area (Å²) in [6.45, 7) is 24.3. The highest BCUT2D eigenvalue weighted by molar-refractivity contribution is 4.95. The van der Waals surface area contributed by atoms with E-state index in [1.165, 1.54) is 12.8 Å². The topological polar surface area (TPSA) is 0 Å². The van der Waals surface area contributed by atoms with Gasteiger partial charge in [-0.25, -0.2) is 0 Å². The van der Waals surface area contributed by atoms with E-state index in [0.29, 0.717) is 0 Å². The molecule has 8 atom stereocenters. The van der Waals surface area contributed by atoms with Gasteiger partial charge < -0.3 is 0 Å². The van der Waals surface area contributed by atoms with Crippen molar-refractivity contribution >= 4 is 0 Å². The molecule has 0 bridgehead atoms. The van der Waals surface area contributed by atoms with Crippen molar-refractivity contribution < 1.29 is 0 Å². The summed E-state index contributed by atoms with van der Waals surface area (Å²) in [4.78, 5) is 0. The Kier molecular flexibility index (Phi) is 7.47. The van der Waals surface area contributed by atoms with Crippen molar-refractivity contribution in [2.75, 3.05) is 0 Å². The summed E-state index contributed by atoms with van der Waals surface area (Å²) in [5, 5.41) is 0. The molecule has 132 valence electrons. The van der Waals surface area contributed by atoms with Crippen molar-refractivity contribution in [1.82, 2.24) is 0 Å². The van der Waals surface area contributed by atoms with E-state index >= 15 is 0 Å². The molecule has 0 N–H and O–H groups in total. The molecule has 2 fully saturated rings. The van der Waals surface area contributed by atoms with Gasteiger partial charge in [-0.1, -0.05) is 75.7 Å². The van der Waals surface area contributed by atoms with Gasteiger partial charge in [0.25, 0.3) is 0 Å². The van der Waals surface area contributed by atoms with Crippen LogP contribution in [0.4, 0.5) is 0 Å². The maximum Gasteiger partial charge on any atom is -0.0355 e. The molecule has 0 aromatic rings. The Morgan fingerprint density at radius 3 is 0.773 bits per heavy atom. The Hall–Kier alpha value is 0. The first kappa shape index (κ1) is 20.0. The van der Waals surface area contributed by atoms with Crippen LogP contribution in [0.2, 0.25) is 0 Å². The quantitative estimate of drug-likeness (QED) is 0.508. The molecule has 2 saturated carbocycles. The van der Waals surface area contributed by atoms with Crippen molar-refractivity contribution in [2.45, 2.75) is 82.1 Å². The third-order valence-corrected chi connectivity index (χ3v) is 8.22. The van der Waals surface area contributed by atoms with Crippen LogP contribution >= 0.6 is 0 Å². The zero-order valence-electron chi connectivity index (χ0n) is 17.2. The highest BCUT2D eigenvalue weighted by Crippen LogP contribution is 2.53. The van der Waals surface area contributed by atoms with Gasteiger partial charge in [-0.15, -0.1) is 0 Å². The molecular formula is C22H44. The third-order valence-electron chi connectivity index (χ3n) is 8.22. The van der Waals surface area contributed by atoms with Gasteiger partial charge in [-0.05, 0) is 65.6 Å². The Morgan fingerprint density at radius 2 is 0.591 bits per heavy atom. The predicted octanol–water partition coefficient (Wildman–Crippen LogP) is 7.14. The minimum Gasteiger partial charge on any atom is -0.0656 e. The average molecular weight is 309 g/mol. The highest BCUT2D eigenvalue weighted by atomic mass is 14.5. The molecule has 0 saturated heterocycles. The van der Waals surface area contributed by atoms with Crippen LogP contribution in [0.5, 0.6) is 0 Å². The summed E-state index contributed by atoms with van der Waals surface area (Å²) < 4.78 is 0. The lowest BCUT2D eigenvalue weighted by atomic mass is 9.76. The maximum atomic E-state index is 2.52. The fourth-order valence-corrected chi connectivity index (χ4v) is 5.61. The van der Waals surface area contributed by atoms with E-state index in [0.717, 1.165) is 59.2 Å². The fourth-order valence-electron chi connectivity index (χ4n) is 5.61. The molecule has 0 aliphatic heterocycles. The zero-order valence-corrected chi connectivity index (χ0v) is 17.2. The zero-order chi connectivity index (χ0) is 17.2. The van der Waals surface area contributed by atoms with Gasteiger partial charge in [-0.2, -0.15) is 0 Å². The van der Waals surface area contributed by atoms with Crippen molar-refractivity contribution in [3.05, 3.63) is 0 Å². The van der Waals surface area contributed by atoms with E-state index in [2.05, 4.69) is 69.2 Å². The van der Waals surface area contributed by atoms with Crippen molar-refractivity contribution in [3.8, 4) is 0 Å². The van der Waals surface area contributed by atoms with E-state index < -0.39 is 0 Å². The van der Waals surface area contributed by atoms with E-state index in [1.54, 1.807) is 0 Å². The summed E-state index contributed by atoms with van der Waals surface area (Å²) in [5.74, 6) is 9.32. The molecule has 0 spiro atoms. The standard InChI is InChI=1S/C19H36.C3H8/c1-10-11(2)15(6)18(14(10)5)9-19-16(7)12(3)13(4)17(19)8;1-3-2/h10-19H,9H2,1-8H3;3H2,1-2H3. The lowest BCUT2D eigenvalue weighted by molar-refractivity contribution is 0.193. The van der Waals surface area contributed by atoms with Crippen LogP contribution in [0.15, 0.2) is 0 Å². The SMILES string of the molecule is CC1C(C)C(C)C(CC2C(C)C(C)C(C)C2C)C1C.CCC. The number of hydrogen-bond acceptors (Lipinski definition) is 0. The molecule has 0 heteroatoms. The van der Waals surface area contributed by atoms with Crippen LogP contribution < -0.4 is 0 Å². The lowest BCUT2D eigenvalue weighted by Crippen LogP contribution is -2.22. The third kappa shape index (κ3) is 3.73. The Bertz CT molecular complexity index is 262. The molecule has 0 aromatic carbocycles. The summed E-state index contributed by atoms with van der Waals surface area (Å²) in [7, 11) is 0. The Morgan fingerprint density at radius 1 is 0.409 bits per heavy atom. The molecule has 0 amide bonds. The van der Waals surface area contributed by atoms with Gasteiger partial charge in [0.05, 0.1) is 0 Å². The van der Waals surface area contributed by atoms with E-state index in [-0.39, 0.29) is 0 Å². The molecule has 0 heterocycles. The average Bonchev–Trinajstić information content (AvgIpc) is 2.77. The minimum atomic E-state index is 0.918. The lowest BCUT2D eigenvalue weighted by Gasteiger charge is -2.30. The Balaban J connectivity index is 0.000000745. The van der Waals surface area contributed by atoms with Crippen LogP contribution in [-0.4, -0.2) is 0 Å². The van der Waals surface area contributed by atoms with Crippen LogP contribution in [-0.2, 0) is 0 Å². The molecule has 0 aromatic heterocycles. The van der Waals surface area contributed by atoms with E-state index in [4.69, 9.17) is 0 Å². The first-order valence-corrected chi connectivity index (χ1v) is 10.2. The van der Waals surface area contributed by atoms with Crippen LogP contribution in [0, 0.1) is 59.2 Å². The summed E-state index contributed by atoms with van der Waals surface area (Å²) >= 11 is 0. The van der Waals surface area contributed by atoms with Gasteiger partial charge >= 0.3 is 0 Å². The Labute approximate surface area is 141 Å². The molecule has 2 aliphatic rings. The van der Waals surface area contributed by atoms with Gasteiger partial charge in [-0.3, -0.25) is 0 Å². The second-order valence-corrected chi connectivity index (χ2v) is 9.14. The van der Waals surface area contributed by atoms with Crippen LogP contribution in [0.25, 0.3) is 0 Å². The number of hydrogen-bond donors (Lipinski definition) is 0. The predicted molar refractivity (Wildman–Crippen MR) is 101 cm³/mol. The first-order valence-electron chi connectivity index (χ1n) is 10.2. The summed E-state index contributed by atoms with van der Waals surface area (Å²) in [5.41, 5.74) is 0. The van der Waals surface area contributed by atoms with Gasteiger partial charge in [0.15, 0.2) is 0 Å². The normalized spacial score (nSPS) is 51.5. The monoisotopic (exact) mass is 308 g/mol. The second kappa shape index (κ2) is 8.20. The fraction of sp³-hybridized carbons (Fsp3) is 1.00. The van der Waals surface area contributed by atoms with Crippen molar-refractivity contribution in [1.29, 1.82) is 0 Å². The molecule has 8 unspecified atom stereocenters. The molecule has 2 rings (SSSR count). The van der Waals surface area contributed by atoms with Crippen LogP contribution in [0.1, 0.15) is 82.1 Å². The van der Waals surface area contributed by atoms with E-state index in [9.17, 15) is 0 Å². The molecular weight excluding hydrogens is 264 g/mol. The van der Waals surface area contributed by atoms with Crippen LogP contribution in [0.3, 0.4) is 0 Å². The highest BCUT2D eigenvalue weighted by Gasteiger charge is 2.47. The summed E-state index contributed by atoms with van der Waals surface area (Å²) in [6.07, 6.45) is 2.74. The minimum absolute atomic E-state index is 0.918. The maximum absolute atomic E-state index is 2.52. The largest absolute Gasteiger partial charge is 0.0656 e. The summed E-state index contributed by atoms with van der Waals surface area (Å²) in [6, 6.07) is 0. The van der Waals surface area contributed by atoms with Gasteiger partial charge in [0.1, 0.15) is 0 Å². The second-order valence-electron chi connectivity index (χ2n) is 9.14. The molecule has 2 aliphatic carbocycles. The van der Waals surface area contributed by atoms with Gasteiger partial charge in [0, 0.05) is 0 Å². The molecule has 22 heavy (non-hydrogen) atoms. The molecule has 0 nitrogen and oxygen atoms in total. The van der Waals surface area contributed by atoms with Gasteiger partial charge in [0.2, 0.25) is 0 Å². The number of rotatable bonds is 2. The molecule has 0 radical (unpaired) electrons. The van der Waals surface area contributed by atoms with Crippen molar-refractivity contribution in [2.24, 2.45) is 59.2 Å². The smallest absolute Gasteiger partial charge is 0.0355 e. The first-order chi connectivity index (χ1) is 10.2. The van der Waals surface area contributed by atoms with Crippen molar-refractivity contribution in [3.63, 3.8) is 0 Å². The van der Waals surface area contributed by atoms with E-state index in [1.807, 2.05) is 0 Å².